The Kier molecular flexibility index (Phi) is 4.07. The van der Waals surface area contributed by atoms with Crippen LogP contribution in [0.4, 0.5) is 11.4 Å². The van der Waals surface area contributed by atoms with Gasteiger partial charge in [-0.3, -0.25) is 4.79 Å². The van der Waals surface area contributed by atoms with Crippen LogP contribution in [0.1, 0.15) is 15.9 Å². The fourth-order valence-corrected chi connectivity index (χ4v) is 2.43. The lowest BCUT2D eigenvalue weighted by Gasteiger charge is -2.08. The molecule has 1 aromatic heterocycles. The van der Waals surface area contributed by atoms with E-state index < -0.39 is 5.97 Å². The fourth-order valence-electron chi connectivity index (χ4n) is 2.43. The van der Waals surface area contributed by atoms with Crippen LogP contribution in [0, 0.1) is 4.91 Å². The molecular weight excluding hydrogens is 310 g/mol. The number of para-hydroxylation sites is 1. The number of carboxylic acids is 1. The van der Waals surface area contributed by atoms with Crippen molar-refractivity contribution in [2.75, 3.05) is 5.32 Å². The number of aromatic amines is 1. The number of pyridine rings is 1. The molecule has 7 nitrogen and oxygen atoms in total. The van der Waals surface area contributed by atoms with E-state index in [1.54, 1.807) is 30.3 Å². The molecule has 0 aliphatic carbocycles. The molecule has 0 saturated heterocycles. The number of aromatic carboxylic acids is 1. The van der Waals surface area contributed by atoms with Gasteiger partial charge in [0.05, 0.1) is 11.1 Å². The molecule has 0 aliphatic rings. The maximum absolute atomic E-state index is 12.2. The molecule has 3 aromatic rings. The predicted molar refractivity (Wildman–Crippen MR) is 90.8 cm³/mol. The van der Waals surface area contributed by atoms with E-state index in [0.29, 0.717) is 22.2 Å². The van der Waals surface area contributed by atoms with E-state index in [1.165, 1.54) is 18.2 Å². The normalized spacial score (nSPS) is 10.5. The van der Waals surface area contributed by atoms with Gasteiger partial charge in [0.25, 0.3) is 5.56 Å². The molecule has 7 heteroatoms. The summed E-state index contributed by atoms with van der Waals surface area (Å²) in [6, 6.07) is 13.0. The summed E-state index contributed by atoms with van der Waals surface area (Å²) < 4.78 is 0. The van der Waals surface area contributed by atoms with E-state index in [9.17, 15) is 14.5 Å². The number of hydrogen-bond acceptors (Lipinski definition) is 5. The zero-order chi connectivity index (χ0) is 17.1. The lowest BCUT2D eigenvalue weighted by Crippen LogP contribution is -2.15. The Bertz CT molecular complexity index is 995. The Balaban J connectivity index is 1.89. The minimum Gasteiger partial charge on any atom is -0.478 e. The van der Waals surface area contributed by atoms with Gasteiger partial charge in [-0.1, -0.05) is 18.2 Å². The summed E-state index contributed by atoms with van der Waals surface area (Å²) in [5.74, 6) is -1.02. The Morgan fingerprint density at radius 1 is 1.17 bits per heavy atom. The van der Waals surface area contributed by atoms with Gasteiger partial charge >= 0.3 is 5.97 Å². The molecule has 0 fully saturated rings. The zero-order valence-electron chi connectivity index (χ0n) is 12.4. The number of carboxylic acid groups (broad SMARTS) is 1. The molecule has 0 saturated carbocycles. The molecule has 0 unspecified atom stereocenters. The minimum atomic E-state index is -1.02. The number of nitrogens with zero attached hydrogens (tertiary/aromatic N) is 1. The third-order valence-corrected chi connectivity index (χ3v) is 3.63. The second-order valence-corrected chi connectivity index (χ2v) is 5.20. The van der Waals surface area contributed by atoms with Crippen LogP contribution in [0.5, 0.6) is 0 Å². The standard InChI is InChI=1S/C17H13N3O4/c21-16-12(7-10-3-2-6-14(20-24)15(10)19-16)9-18-13-5-1-4-11(8-13)17(22)23/h1-8,18H,9H2,(H,19,21)(H,22,23). The molecule has 0 spiro atoms. The third-order valence-electron chi connectivity index (χ3n) is 3.63. The molecule has 0 bridgehead atoms. The average Bonchev–Trinajstić information content (AvgIpc) is 2.59. The van der Waals surface area contributed by atoms with Crippen molar-refractivity contribution in [2.24, 2.45) is 5.18 Å². The molecule has 1 heterocycles. The SMILES string of the molecule is O=Nc1cccc2cc(CNc3cccc(C(=O)O)c3)c(=O)[nH]c12. The molecule has 3 rings (SSSR count). The third kappa shape index (κ3) is 3.00. The van der Waals surface area contributed by atoms with Crippen molar-refractivity contribution in [1.29, 1.82) is 0 Å². The molecule has 3 N–H and O–H groups in total. The van der Waals surface area contributed by atoms with Crippen molar-refractivity contribution in [3.8, 4) is 0 Å². The number of rotatable bonds is 5. The van der Waals surface area contributed by atoms with Crippen LogP contribution in [0.15, 0.2) is 58.5 Å². The highest BCUT2D eigenvalue weighted by Crippen LogP contribution is 2.23. The highest BCUT2D eigenvalue weighted by Gasteiger charge is 2.08. The molecule has 0 radical (unpaired) electrons. The van der Waals surface area contributed by atoms with Gasteiger partial charge in [-0.2, -0.15) is 0 Å². The van der Waals surface area contributed by atoms with Crippen LogP contribution < -0.4 is 10.9 Å². The molecule has 0 atom stereocenters. The van der Waals surface area contributed by atoms with Gasteiger partial charge < -0.3 is 15.4 Å². The van der Waals surface area contributed by atoms with Gasteiger partial charge in [0, 0.05) is 23.2 Å². The number of fused-ring (bicyclic) bond motifs is 1. The first-order valence-electron chi connectivity index (χ1n) is 7.14. The number of anilines is 1. The number of benzene rings is 2. The van der Waals surface area contributed by atoms with Crippen LogP contribution in [0.3, 0.4) is 0 Å². The summed E-state index contributed by atoms with van der Waals surface area (Å²) >= 11 is 0. The summed E-state index contributed by atoms with van der Waals surface area (Å²) in [6.07, 6.45) is 0. The van der Waals surface area contributed by atoms with Gasteiger partial charge in [0.15, 0.2) is 0 Å². The smallest absolute Gasteiger partial charge is 0.335 e. The maximum atomic E-state index is 12.2. The zero-order valence-corrected chi connectivity index (χ0v) is 12.4. The highest BCUT2D eigenvalue weighted by molar-refractivity contribution is 5.89. The highest BCUT2D eigenvalue weighted by atomic mass is 16.4. The first-order chi connectivity index (χ1) is 11.6. The largest absolute Gasteiger partial charge is 0.478 e. The summed E-state index contributed by atoms with van der Waals surface area (Å²) in [6.45, 7) is 0.215. The van der Waals surface area contributed by atoms with Crippen LogP contribution in [-0.4, -0.2) is 16.1 Å². The summed E-state index contributed by atoms with van der Waals surface area (Å²) in [5.41, 5.74) is 1.46. The van der Waals surface area contributed by atoms with Crippen LogP contribution in [-0.2, 0) is 6.54 Å². The van der Waals surface area contributed by atoms with E-state index in [2.05, 4.69) is 15.5 Å². The minimum absolute atomic E-state index is 0.161. The summed E-state index contributed by atoms with van der Waals surface area (Å²) in [4.78, 5) is 36.6. The molecule has 24 heavy (non-hydrogen) atoms. The van der Waals surface area contributed by atoms with Crippen molar-refractivity contribution >= 4 is 28.2 Å². The van der Waals surface area contributed by atoms with Crippen LogP contribution >= 0.6 is 0 Å². The predicted octanol–water partition coefficient (Wildman–Crippen LogP) is 3.24. The van der Waals surface area contributed by atoms with Gasteiger partial charge in [0.2, 0.25) is 0 Å². The van der Waals surface area contributed by atoms with Crippen molar-refractivity contribution < 1.29 is 9.90 Å². The van der Waals surface area contributed by atoms with E-state index >= 15 is 0 Å². The monoisotopic (exact) mass is 323 g/mol. The first kappa shape index (κ1) is 15.4. The molecule has 0 amide bonds. The lowest BCUT2D eigenvalue weighted by atomic mass is 10.1. The van der Waals surface area contributed by atoms with Crippen LogP contribution in [0.25, 0.3) is 10.9 Å². The molecule has 2 aromatic carbocycles. The van der Waals surface area contributed by atoms with Crippen molar-refractivity contribution in [3.05, 3.63) is 74.9 Å². The number of nitrogens with one attached hydrogen (secondary N) is 2. The second-order valence-electron chi connectivity index (χ2n) is 5.20. The number of H-pyrrole nitrogens is 1. The van der Waals surface area contributed by atoms with E-state index in [-0.39, 0.29) is 23.4 Å². The second kappa shape index (κ2) is 6.33. The van der Waals surface area contributed by atoms with Crippen molar-refractivity contribution in [3.63, 3.8) is 0 Å². The summed E-state index contributed by atoms with van der Waals surface area (Å²) in [5, 5.41) is 15.6. The topological polar surface area (TPSA) is 112 Å². The van der Waals surface area contributed by atoms with E-state index in [0.717, 1.165) is 0 Å². The van der Waals surface area contributed by atoms with E-state index in [1.807, 2.05) is 0 Å². The fraction of sp³-hybridized carbons (Fsp3) is 0.0588. The quantitative estimate of drug-likeness (QED) is 0.624. The molecule has 120 valence electrons. The summed E-state index contributed by atoms with van der Waals surface area (Å²) in [7, 11) is 0. The Morgan fingerprint density at radius 3 is 2.71 bits per heavy atom. The van der Waals surface area contributed by atoms with Gasteiger partial charge in [-0.05, 0) is 35.5 Å². The van der Waals surface area contributed by atoms with Gasteiger partial charge in [-0.25, -0.2) is 4.79 Å². The first-order valence-corrected chi connectivity index (χ1v) is 7.14. The van der Waals surface area contributed by atoms with E-state index in [4.69, 9.17) is 5.11 Å². The van der Waals surface area contributed by atoms with Crippen molar-refractivity contribution in [1.82, 2.24) is 4.98 Å². The number of aromatic nitrogens is 1. The number of nitroso groups, excluding NO2 is 1. The number of carbonyl (C=O) groups is 1. The van der Waals surface area contributed by atoms with Gasteiger partial charge in [0.1, 0.15) is 5.69 Å². The Labute approximate surface area is 135 Å². The van der Waals surface area contributed by atoms with Crippen molar-refractivity contribution in [2.45, 2.75) is 6.54 Å². The van der Waals surface area contributed by atoms with Gasteiger partial charge in [-0.15, -0.1) is 4.91 Å². The Hall–Kier alpha value is -3.48. The average molecular weight is 323 g/mol. The lowest BCUT2D eigenvalue weighted by molar-refractivity contribution is 0.0697. The Morgan fingerprint density at radius 2 is 1.96 bits per heavy atom. The molecule has 0 aliphatic heterocycles. The molecular formula is C17H13N3O4. The maximum Gasteiger partial charge on any atom is 0.335 e. The van der Waals surface area contributed by atoms with Crippen LogP contribution in [0.2, 0.25) is 0 Å². The number of hydrogen-bond donors (Lipinski definition) is 3.